The first-order valence-electron chi connectivity index (χ1n) is 7.58. The minimum Gasteiger partial charge on any atom is -0.504 e. The summed E-state index contributed by atoms with van der Waals surface area (Å²) in [5.41, 5.74) is 0.861. The predicted molar refractivity (Wildman–Crippen MR) is 87.3 cm³/mol. The summed E-state index contributed by atoms with van der Waals surface area (Å²) in [6.07, 6.45) is 0.138. The van der Waals surface area contributed by atoms with Gasteiger partial charge in [0.1, 0.15) is 6.10 Å². The highest BCUT2D eigenvalue weighted by molar-refractivity contribution is 5.45. The average Bonchev–Trinajstić information content (AvgIpc) is 2.54. The molecule has 2 aromatic rings. The van der Waals surface area contributed by atoms with E-state index >= 15 is 0 Å². The molecule has 0 spiro atoms. The summed E-state index contributed by atoms with van der Waals surface area (Å²) in [5.74, 6) is 2.23. The summed E-state index contributed by atoms with van der Waals surface area (Å²) in [5, 5.41) is 10.1. The van der Waals surface area contributed by atoms with Crippen LogP contribution in [0.5, 0.6) is 23.0 Å². The van der Waals surface area contributed by atoms with Gasteiger partial charge in [-0.1, -0.05) is 24.3 Å². The van der Waals surface area contributed by atoms with Gasteiger partial charge in [-0.3, -0.25) is 4.90 Å². The highest BCUT2D eigenvalue weighted by Gasteiger charge is 2.29. The average molecular weight is 315 g/mol. The largest absolute Gasteiger partial charge is 0.504 e. The van der Waals surface area contributed by atoms with E-state index in [1.165, 1.54) is 0 Å². The molecule has 1 fully saturated rings. The molecule has 5 heteroatoms. The summed E-state index contributed by atoms with van der Waals surface area (Å²) in [6.45, 7) is 2.30. The number of likely N-dealkylation sites (tertiary alicyclic amines) is 1. The second-order valence-corrected chi connectivity index (χ2v) is 5.55. The lowest BCUT2D eigenvalue weighted by Crippen LogP contribution is -2.53. The van der Waals surface area contributed by atoms with E-state index in [9.17, 15) is 5.11 Å². The number of aromatic hydroxyl groups is 1. The fourth-order valence-electron chi connectivity index (χ4n) is 2.72. The van der Waals surface area contributed by atoms with Crippen molar-refractivity contribution in [2.45, 2.75) is 12.6 Å². The summed E-state index contributed by atoms with van der Waals surface area (Å²) in [6, 6.07) is 13.2. The van der Waals surface area contributed by atoms with Crippen LogP contribution in [0.3, 0.4) is 0 Å². The van der Waals surface area contributed by atoms with Gasteiger partial charge in [-0.2, -0.15) is 0 Å². The molecule has 0 aliphatic carbocycles. The fraction of sp³-hybridized carbons (Fsp3) is 0.333. The normalized spacial score (nSPS) is 15.0. The van der Waals surface area contributed by atoms with Gasteiger partial charge in [-0.25, -0.2) is 0 Å². The van der Waals surface area contributed by atoms with Crippen LogP contribution in [0.15, 0.2) is 42.5 Å². The molecule has 23 heavy (non-hydrogen) atoms. The first-order chi connectivity index (χ1) is 11.2. The number of benzene rings is 2. The maximum atomic E-state index is 10.1. The van der Waals surface area contributed by atoms with Gasteiger partial charge in [0.15, 0.2) is 23.0 Å². The van der Waals surface area contributed by atoms with Crippen LogP contribution in [0.25, 0.3) is 0 Å². The molecule has 1 aliphatic rings. The van der Waals surface area contributed by atoms with Crippen LogP contribution in [-0.2, 0) is 6.54 Å². The van der Waals surface area contributed by atoms with E-state index in [4.69, 9.17) is 14.2 Å². The number of hydrogen-bond acceptors (Lipinski definition) is 5. The number of methoxy groups -OCH3 is 2. The highest BCUT2D eigenvalue weighted by atomic mass is 16.5. The van der Waals surface area contributed by atoms with E-state index in [2.05, 4.69) is 4.90 Å². The molecule has 0 bridgehead atoms. The monoisotopic (exact) mass is 315 g/mol. The lowest BCUT2D eigenvalue weighted by molar-refractivity contribution is 0.0127. The number of ether oxygens (including phenoxy) is 3. The standard InChI is InChI=1S/C18H21NO4/c1-21-15-7-3-4-8-16(15)23-14-11-19(12-14)10-13-6-5-9-17(22-2)18(13)20/h3-9,14,20H,10-12H2,1-2H3. The molecule has 0 atom stereocenters. The van der Waals surface area contributed by atoms with Gasteiger partial charge in [0.25, 0.3) is 0 Å². The Labute approximate surface area is 136 Å². The molecule has 0 amide bonds. The number of phenolic OH excluding ortho intramolecular Hbond substituents is 1. The van der Waals surface area contributed by atoms with Crippen LogP contribution in [0.1, 0.15) is 5.56 Å². The van der Waals surface area contributed by atoms with Gasteiger partial charge in [0.05, 0.1) is 14.2 Å². The van der Waals surface area contributed by atoms with Crippen LogP contribution in [0.2, 0.25) is 0 Å². The first-order valence-corrected chi connectivity index (χ1v) is 7.58. The Hall–Kier alpha value is -2.40. The smallest absolute Gasteiger partial charge is 0.162 e. The second kappa shape index (κ2) is 6.79. The highest BCUT2D eigenvalue weighted by Crippen LogP contribution is 2.32. The van der Waals surface area contributed by atoms with Crippen molar-refractivity contribution in [3.05, 3.63) is 48.0 Å². The minimum absolute atomic E-state index is 0.138. The molecule has 2 aromatic carbocycles. The van der Waals surface area contributed by atoms with Gasteiger partial charge in [-0.05, 0) is 18.2 Å². The Kier molecular flexibility index (Phi) is 4.57. The van der Waals surface area contributed by atoms with Crippen molar-refractivity contribution in [2.24, 2.45) is 0 Å². The predicted octanol–water partition coefficient (Wildman–Crippen LogP) is 2.67. The van der Waals surface area contributed by atoms with Gasteiger partial charge >= 0.3 is 0 Å². The molecule has 1 N–H and O–H groups in total. The van der Waals surface area contributed by atoms with E-state index in [0.29, 0.717) is 12.3 Å². The Balaban J connectivity index is 1.56. The van der Waals surface area contributed by atoms with E-state index < -0.39 is 0 Å². The lowest BCUT2D eigenvalue weighted by atomic mass is 10.1. The zero-order valence-corrected chi connectivity index (χ0v) is 13.4. The van der Waals surface area contributed by atoms with Crippen molar-refractivity contribution < 1.29 is 19.3 Å². The number of nitrogens with zero attached hydrogens (tertiary/aromatic N) is 1. The number of hydrogen-bond donors (Lipinski definition) is 1. The molecule has 0 radical (unpaired) electrons. The van der Waals surface area contributed by atoms with E-state index in [1.807, 2.05) is 36.4 Å². The minimum atomic E-state index is 0.138. The second-order valence-electron chi connectivity index (χ2n) is 5.55. The van der Waals surface area contributed by atoms with Gasteiger partial charge in [0.2, 0.25) is 0 Å². The molecule has 1 saturated heterocycles. The summed E-state index contributed by atoms with van der Waals surface area (Å²) in [7, 11) is 3.19. The van der Waals surface area contributed by atoms with E-state index in [-0.39, 0.29) is 11.9 Å². The molecule has 0 aromatic heterocycles. The van der Waals surface area contributed by atoms with Crippen molar-refractivity contribution in [1.29, 1.82) is 0 Å². The SMILES string of the molecule is COc1ccccc1OC1CN(Cc2cccc(OC)c2O)C1. The molecule has 1 heterocycles. The molecular weight excluding hydrogens is 294 g/mol. The summed E-state index contributed by atoms with van der Waals surface area (Å²) < 4.78 is 16.4. The first kappa shape index (κ1) is 15.5. The Morgan fingerprint density at radius 3 is 2.30 bits per heavy atom. The van der Waals surface area contributed by atoms with Crippen LogP contribution in [0, 0.1) is 0 Å². The topological polar surface area (TPSA) is 51.2 Å². The molecule has 5 nitrogen and oxygen atoms in total. The van der Waals surface area contributed by atoms with Crippen molar-refractivity contribution in [3.8, 4) is 23.0 Å². The maximum absolute atomic E-state index is 10.1. The van der Waals surface area contributed by atoms with E-state index in [0.717, 1.165) is 30.2 Å². The van der Waals surface area contributed by atoms with Gasteiger partial charge in [0, 0.05) is 25.2 Å². The number of rotatable bonds is 6. The van der Waals surface area contributed by atoms with Crippen molar-refractivity contribution in [2.75, 3.05) is 27.3 Å². The Morgan fingerprint density at radius 1 is 0.957 bits per heavy atom. The van der Waals surface area contributed by atoms with Gasteiger partial charge < -0.3 is 19.3 Å². The molecule has 0 unspecified atom stereocenters. The maximum Gasteiger partial charge on any atom is 0.162 e. The zero-order chi connectivity index (χ0) is 16.2. The van der Waals surface area contributed by atoms with Crippen LogP contribution >= 0.6 is 0 Å². The fourth-order valence-corrected chi connectivity index (χ4v) is 2.72. The van der Waals surface area contributed by atoms with Crippen LogP contribution in [-0.4, -0.2) is 43.4 Å². The molecule has 1 aliphatic heterocycles. The molecule has 0 saturated carbocycles. The lowest BCUT2D eigenvalue weighted by Gasteiger charge is -2.39. The summed E-state index contributed by atoms with van der Waals surface area (Å²) >= 11 is 0. The molecule has 3 rings (SSSR count). The third-order valence-electron chi connectivity index (χ3n) is 3.98. The Bertz CT molecular complexity index is 668. The quantitative estimate of drug-likeness (QED) is 0.888. The third-order valence-corrected chi connectivity index (χ3v) is 3.98. The summed E-state index contributed by atoms with van der Waals surface area (Å²) in [4.78, 5) is 2.22. The number of phenols is 1. The van der Waals surface area contributed by atoms with Crippen molar-refractivity contribution >= 4 is 0 Å². The van der Waals surface area contributed by atoms with Gasteiger partial charge in [-0.15, -0.1) is 0 Å². The van der Waals surface area contributed by atoms with Crippen molar-refractivity contribution in [3.63, 3.8) is 0 Å². The molecular formula is C18H21NO4. The van der Waals surface area contributed by atoms with Crippen LogP contribution in [0.4, 0.5) is 0 Å². The van der Waals surface area contributed by atoms with E-state index in [1.54, 1.807) is 20.3 Å². The molecule has 122 valence electrons. The third kappa shape index (κ3) is 3.35. The Morgan fingerprint density at radius 2 is 1.61 bits per heavy atom. The van der Waals surface area contributed by atoms with Crippen molar-refractivity contribution in [1.82, 2.24) is 4.90 Å². The number of para-hydroxylation sites is 3. The van der Waals surface area contributed by atoms with Crippen LogP contribution < -0.4 is 14.2 Å². The zero-order valence-electron chi connectivity index (χ0n) is 13.4.